The summed E-state index contributed by atoms with van der Waals surface area (Å²) >= 11 is 0. The van der Waals surface area contributed by atoms with E-state index in [0.717, 1.165) is 5.69 Å². The Balaban J connectivity index is 1.23. The first-order valence-electron chi connectivity index (χ1n) is 15.5. The lowest BCUT2D eigenvalue weighted by molar-refractivity contribution is 1.18. The van der Waals surface area contributed by atoms with Gasteiger partial charge in [-0.25, -0.2) is 0 Å². The molecule has 3 heteroatoms. The summed E-state index contributed by atoms with van der Waals surface area (Å²) in [7, 11) is 0. The van der Waals surface area contributed by atoms with E-state index >= 15 is 0 Å². The van der Waals surface area contributed by atoms with Gasteiger partial charge in [-0.1, -0.05) is 103 Å². The van der Waals surface area contributed by atoms with Gasteiger partial charge in [-0.2, -0.15) is 0 Å². The SMILES string of the molecule is c1ccc2c(c1)[nH]c1c(-c3ccc(-n4c5cccc6c7ccccc7n7c8ccccc8c8ccc4c(c65)c87)cc3)cccc12. The normalized spacial score (nSPS) is 12.4. The molecule has 4 heterocycles. The van der Waals surface area contributed by atoms with Gasteiger partial charge in [0, 0.05) is 54.5 Å². The Morgan fingerprint density at radius 3 is 1.84 bits per heavy atom. The van der Waals surface area contributed by atoms with Gasteiger partial charge < -0.3 is 14.0 Å². The van der Waals surface area contributed by atoms with Gasteiger partial charge in [-0.05, 0) is 53.4 Å². The van der Waals surface area contributed by atoms with E-state index in [9.17, 15) is 0 Å². The molecule has 0 aliphatic rings. The molecule has 0 saturated carbocycles. The minimum absolute atomic E-state index is 1.16. The van der Waals surface area contributed by atoms with Crippen molar-refractivity contribution >= 4 is 81.7 Å². The summed E-state index contributed by atoms with van der Waals surface area (Å²) in [6.45, 7) is 0. The molecular formula is C42H25N3. The number of para-hydroxylation sites is 4. The van der Waals surface area contributed by atoms with Crippen LogP contribution >= 0.6 is 0 Å². The van der Waals surface area contributed by atoms with Crippen LogP contribution in [0.25, 0.3) is 98.5 Å². The number of nitrogens with zero attached hydrogens (tertiary/aromatic N) is 2. The second kappa shape index (κ2) is 8.31. The summed E-state index contributed by atoms with van der Waals surface area (Å²) in [5.41, 5.74) is 12.2. The average Bonchev–Trinajstić information content (AvgIpc) is 3.73. The lowest BCUT2D eigenvalue weighted by Crippen LogP contribution is -1.94. The molecule has 11 rings (SSSR count). The number of aromatic nitrogens is 3. The molecule has 0 bridgehead atoms. The quantitative estimate of drug-likeness (QED) is 0.214. The van der Waals surface area contributed by atoms with Gasteiger partial charge in [0.05, 0.1) is 33.1 Å². The van der Waals surface area contributed by atoms with Crippen molar-refractivity contribution in [2.75, 3.05) is 0 Å². The summed E-state index contributed by atoms with van der Waals surface area (Å²) in [6, 6.07) is 53.4. The summed E-state index contributed by atoms with van der Waals surface area (Å²) in [5, 5.41) is 10.3. The molecule has 0 atom stereocenters. The van der Waals surface area contributed by atoms with Gasteiger partial charge >= 0.3 is 0 Å². The van der Waals surface area contributed by atoms with Crippen LogP contribution in [0.4, 0.5) is 0 Å². The van der Waals surface area contributed by atoms with E-state index in [0.29, 0.717) is 0 Å². The van der Waals surface area contributed by atoms with Crippen molar-refractivity contribution in [2.45, 2.75) is 0 Å². The summed E-state index contributed by atoms with van der Waals surface area (Å²) in [4.78, 5) is 3.68. The highest BCUT2D eigenvalue weighted by atomic mass is 15.0. The maximum atomic E-state index is 3.68. The molecule has 3 nitrogen and oxygen atoms in total. The highest BCUT2D eigenvalue weighted by Gasteiger charge is 2.22. The van der Waals surface area contributed by atoms with Crippen LogP contribution in [0.2, 0.25) is 0 Å². The number of nitrogens with one attached hydrogen (secondary N) is 1. The first-order chi connectivity index (χ1) is 22.3. The standard InChI is InChI=1S/C42H25N3/c1-4-15-34-28(9-1)32-14-7-12-27(41(32)43-34)25-19-21-26(22-20-25)44-37-18-8-13-31-29-10-2-5-16-35(29)45-36-17-6-3-11-30(36)33-23-24-38(44)40(39(31)37)42(33)45/h1-24,43H. The van der Waals surface area contributed by atoms with E-state index in [1.54, 1.807) is 0 Å². The van der Waals surface area contributed by atoms with Crippen molar-refractivity contribution < 1.29 is 0 Å². The lowest BCUT2D eigenvalue weighted by Gasteiger charge is -2.11. The number of fused-ring (bicyclic) bond motifs is 9. The molecule has 45 heavy (non-hydrogen) atoms. The maximum absolute atomic E-state index is 3.68. The predicted octanol–water partition coefficient (Wildman–Crippen LogP) is 11.2. The number of H-pyrrole nitrogens is 1. The van der Waals surface area contributed by atoms with Gasteiger partial charge in [0.15, 0.2) is 0 Å². The predicted molar refractivity (Wildman–Crippen MR) is 190 cm³/mol. The van der Waals surface area contributed by atoms with Crippen LogP contribution in [0, 0.1) is 0 Å². The molecule has 0 aliphatic carbocycles. The molecule has 0 spiro atoms. The fourth-order valence-electron chi connectivity index (χ4n) is 8.15. The van der Waals surface area contributed by atoms with Crippen LogP contribution in [-0.2, 0) is 0 Å². The molecule has 0 unspecified atom stereocenters. The van der Waals surface area contributed by atoms with Crippen molar-refractivity contribution in [3.8, 4) is 16.8 Å². The van der Waals surface area contributed by atoms with E-state index in [-0.39, 0.29) is 0 Å². The Morgan fingerprint density at radius 1 is 0.400 bits per heavy atom. The zero-order valence-corrected chi connectivity index (χ0v) is 24.3. The monoisotopic (exact) mass is 571 g/mol. The van der Waals surface area contributed by atoms with Gasteiger partial charge in [-0.3, -0.25) is 0 Å². The molecule has 208 valence electrons. The summed E-state index contributed by atoms with van der Waals surface area (Å²) < 4.78 is 4.95. The van der Waals surface area contributed by atoms with E-state index < -0.39 is 0 Å². The molecule has 0 amide bonds. The smallest absolute Gasteiger partial charge is 0.0641 e. The van der Waals surface area contributed by atoms with Gasteiger partial charge in [0.2, 0.25) is 0 Å². The van der Waals surface area contributed by atoms with E-state index in [2.05, 4.69) is 160 Å². The third kappa shape index (κ3) is 2.90. The zero-order chi connectivity index (χ0) is 29.2. The minimum atomic E-state index is 1.16. The van der Waals surface area contributed by atoms with Crippen LogP contribution in [0.3, 0.4) is 0 Å². The van der Waals surface area contributed by atoms with Gasteiger partial charge in [0.1, 0.15) is 0 Å². The third-order valence-corrected chi connectivity index (χ3v) is 10.0. The van der Waals surface area contributed by atoms with Crippen LogP contribution in [0.15, 0.2) is 146 Å². The first-order valence-corrected chi connectivity index (χ1v) is 15.5. The number of hydrogen-bond acceptors (Lipinski definition) is 0. The molecule has 4 aromatic heterocycles. The number of aromatic amines is 1. The number of benzene rings is 7. The van der Waals surface area contributed by atoms with Crippen LogP contribution in [-0.4, -0.2) is 14.0 Å². The van der Waals surface area contributed by atoms with Crippen molar-refractivity contribution in [3.63, 3.8) is 0 Å². The second-order valence-corrected chi connectivity index (χ2v) is 12.2. The van der Waals surface area contributed by atoms with Crippen LogP contribution in [0.5, 0.6) is 0 Å². The molecule has 0 radical (unpaired) electrons. The Morgan fingerprint density at radius 2 is 1.02 bits per heavy atom. The fourth-order valence-corrected chi connectivity index (χ4v) is 8.15. The third-order valence-electron chi connectivity index (χ3n) is 10.0. The lowest BCUT2D eigenvalue weighted by atomic mass is 10.0. The van der Waals surface area contributed by atoms with E-state index in [1.165, 1.54) is 92.8 Å². The van der Waals surface area contributed by atoms with Crippen molar-refractivity contribution in [3.05, 3.63) is 146 Å². The number of hydrogen-bond donors (Lipinski definition) is 1. The molecule has 1 N–H and O–H groups in total. The second-order valence-electron chi connectivity index (χ2n) is 12.2. The van der Waals surface area contributed by atoms with Gasteiger partial charge in [0.25, 0.3) is 0 Å². The molecular weight excluding hydrogens is 546 g/mol. The van der Waals surface area contributed by atoms with E-state index in [1.807, 2.05) is 0 Å². The molecule has 11 aromatic rings. The van der Waals surface area contributed by atoms with Gasteiger partial charge in [-0.15, -0.1) is 0 Å². The summed E-state index contributed by atoms with van der Waals surface area (Å²) in [6.07, 6.45) is 0. The maximum Gasteiger partial charge on any atom is 0.0641 e. The number of rotatable bonds is 2. The largest absolute Gasteiger partial charge is 0.354 e. The van der Waals surface area contributed by atoms with E-state index in [4.69, 9.17) is 0 Å². The Bertz CT molecular complexity index is 2970. The molecule has 0 fully saturated rings. The highest BCUT2D eigenvalue weighted by molar-refractivity contribution is 6.33. The summed E-state index contributed by atoms with van der Waals surface area (Å²) in [5.74, 6) is 0. The van der Waals surface area contributed by atoms with Crippen molar-refractivity contribution in [1.29, 1.82) is 0 Å². The Kier molecular flexibility index (Phi) is 4.32. The van der Waals surface area contributed by atoms with Crippen molar-refractivity contribution in [1.82, 2.24) is 14.0 Å². The van der Waals surface area contributed by atoms with Crippen LogP contribution < -0.4 is 0 Å². The molecule has 0 saturated heterocycles. The zero-order valence-electron chi connectivity index (χ0n) is 24.3. The minimum Gasteiger partial charge on any atom is -0.354 e. The van der Waals surface area contributed by atoms with Crippen molar-refractivity contribution in [2.24, 2.45) is 0 Å². The topological polar surface area (TPSA) is 25.1 Å². The Hall–Kier alpha value is -6.06. The van der Waals surface area contributed by atoms with Crippen LogP contribution in [0.1, 0.15) is 0 Å². The molecule has 7 aromatic carbocycles. The Labute approximate surface area is 257 Å². The molecule has 0 aliphatic heterocycles. The first kappa shape index (κ1) is 23.4. The average molecular weight is 572 g/mol. The fraction of sp³-hybridized carbons (Fsp3) is 0. The highest BCUT2D eigenvalue weighted by Crippen LogP contribution is 2.45.